The van der Waals surface area contributed by atoms with E-state index < -0.39 is 18.0 Å². The first-order chi connectivity index (χ1) is 15.0. The summed E-state index contributed by atoms with van der Waals surface area (Å²) < 4.78 is 16.9. The van der Waals surface area contributed by atoms with E-state index in [0.29, 0.717) is 39.8 Å². The predicted molar refractivity (Wildman–Crippen MR) is 117 cm³/mol. The van der Waals surface area contributed by atoms with Gasteiger partial charge in [-0.3, -0.25) is 0 Å². The van der Waals surface area contributed by atoms with Gasteiger partial charge in [0.15, 0.2) is 11.5 Å². The van der Waals surface area contributed by atoms with Crippen molar-refractivity contribution in [3.63, 3.8) is 0 Å². The van der Waals surface area contributed by atoms with Crippen molar-refractivity contribution in [3.8, 4) is 11.5 Å². The molecular formula is C23H25ClN2O5. The van der Waals surface area contributed by atoms with Gasteiger partial charge in [0.2, 0.25) is 0 Å². The van der Waals surface area contributed by atoms with Crippen molar-refractivity contribution in [3.05, 3.63) is 69.9 Å². The lowest BCUT2D eigenvalue weighted by atomic mass is 9.93. The van der Waals surface area contributed by atoms with Gasteiger partial charge in [0.25, 0.3) is 0 Å². The van der Waals surface area contributed by atoms with Gasteiger partial charge in [-0.1, -0.05) is 48.9 Å². The Morgan fingerprint density at radius 1 is 1.13 bits per heavy atom. The molecule has 0 saturated heterocycles. The van der Waals surface area contributed by atoms with Crippen LogP contribution in [0.1, 0.15) is 37.4 Å². The molecule has 164 valence electrons. The molecule has 7 nitrogen and oxygen atoms in total. The number of allylic oxidation sites excluding steroid dienone is 1. The topological polar surface area (TPSA) is 85.9 Å². The van der Waals surface area contributed by atoms with Gasteiger partial charge in [0.1, 0.15) is 6.61 Å². The quantitative estimate of drug-likeness (QED) is 0.585. The summed E-state index contributed by atoms with van der Waals surface area (Å²) in [6.45, 7) is 3.99. The minimum atomic E-state index is -0.765. The smallest absolute Gasteiger partial charge is 0.338 e. The summed E-state index contributed by atoms with van der Waals surface area (Å²) in [5, 5.41) is 6.10. The normalized spacial score (nSPS) is 15.7. The van der Waals surface area contributed by atoms with Crippen LogP contribution in [0.15, 0.2) is 53.7 Å². The molecule has 1 aliphatic rings. The second kappa shape index (κ2) is 10.2. The molecule has 0 radical (unpaired) electrons. The van der Waals surface area contributed by atoms with Crippen molar-refractivity contribution in [2.45, 2.75) is 32.9 Å². The van der Waals surface area contributed by atoms with Crippen LogP contribution in [0.3, 0.4) is 0 Å². The molecule has 1 atom stereocenters. The van der Waals surface area contributed by atoms with Crippen LogP contribution < -0.4 is 20.1 Å². The maximum absolute atomic E-state index is 12.8. The first-order valence-electron chi connectivity index (χ1n) is 10.0. The zero-order valence-corrected chi connectivity index (χ0v) is 18.4. The summed E-state index contributed by atoms with van der Waals surface area (Å²) in [6, 6.07) is 11.5. The van der Waals surface area contributed by atoms with Crippen molar-refractivity contribution in [2.75, 3.05) is 13.7 Å². The average Bonchev–Trinajstić information content (AvgIpc) is 2.77. The van der Waals surface area contributed by atoms with E-state index in [0.717, 1.165) is 5.56 Å². The highest BCUT2D eigenvalue weighted by atomic mass is 35.5. The molecule has 2 aromatic carbocycles. The highest BCUT2D eigenvalue weighted by molar-refractivity contribution is 6.31. The lowest BCUT2D eigenvalue weighted by molar-refractivity contribution is -0.139. The zero-order chi connectivity index (χ0) is 22.4. The van der Waals surface area contributed by atoms with Gasteiger partial charge in [-0.2, -0.15) is 0 Å². The van der Waals surface area contributed by atoms with E-state index in [4.69, 9.17) is 25.8 Å². The molecule has 0 aliphatic carbocycles. The van der Waals surface area contributed by atoms with Crippen molar-refractivity contribution in [2.24, 2.45) is 0 Å². The van der Waals surface area contributed by atoms with Gasteiger partial charge in [0, 0.05) is 21.8 Å². The summed E-state index contributed by atoms with van der Waals surface area (Å²) in [7, 11) is 1.53. The molecular weight excluding hydrogens is 420 g/mol. The molecule has 1 aliphatic heterocycles. The molecule has 0 aromatic heterocycles. The molecule has 2 amide bonds. The Bertz CT molecular complexity index is 1010. The van der Waals surface area contributed by atoms with Crippen LogP contribution in [0.2, 0.25) is 5.02 Å². The number of hydrogen-bond acceptors (Lipinski definition) is 5. The SMILES string of the molecule is CCOC(=O)C1=C(CC)NC(=O)NC1c1cccc(OC)c1OCc1ccccc1Cl. The van der Waals surface area contributed by atoms with Crippen LogP contribution in [0.25, 0.3) is 0 Å². The van der Waals surface area contributed by atoms with Crippen LogP contribution in [0.5, 0.6) is 11.5 Å². The molecule has 2 aromatic rings. The molecule has 8 heteroatoms. The van der Waals surface area contributed by atoms with E-state index in [1.54, 1.807) is 31.2 Å². The van der Waals surface area contributed by atoms with E-state index in [-0.39, 0.29) is 13.2 Å². The number of para-hydroxylation sites is 1. The Kier molecular flexibility index (Phi) is 7.41. The summed E-state index contributed by atoms with van der Waals surface area (Å²) in [5.41, 5.74) is 2.22. The lowest BCUT2D eigenvalue weighted by Crippen LogP contribution is -2.46. The largest absolute Gasteiger partial charge is 0.493 e. The number of methoxy groups -OCH3 is 1. The van der Waals surface area contributed by atoms with Crippen LogP contribution in [0.4, 0.5) is 4.79 Å². The number of urea groups is 1. The number of ether oxygens (including phenoxy) is 3. The summed E-state index contributed by atoms with van der Waals surface area (Å²) in [5.74, 6) is 0.379. The molecule has 0 saturated carbocycles. The van der Waals surface area contributed by atoms with Crippen molar-refractivity contribution >= 4 is 23.6 Å². The first kappa shape index (κ1) is 22.5. The number of carbonyl (C=O) groups is 2. The number of esters is 1. The van der Waals surface area contributed by atoms with E-state index >= 15 is 0 Å². The number of halogens is 1. The minimum absolute atomic E-state index is 0.186. The third-order valence-corrected chi connectivity index (χ3v) is 5.24. The number of amides is 2. The number of nitrogens with one attached hydrogen (secondary N) is 2. The zero-order valence-electron chi connectivity index (χ0n) is 17.7. The second-order valence-corrected chi connectivity index (χ2v) is 7.16. The van der Waals surface area contributed by atoms with Crippen LogP contribution in [-0.4, -0.2) is 25.7 Å². The molecule has 0 fully saturated rings. The molecule has 1 heterocycles. The predicted octanol–water partition coefficient (Wildman–Crippen LogP) is 4.51. The second-order valence-electron chi connectivity index (χ2n) is 6.76. The Morgan fingerprint density at radius 2 is 1.90 bits per heavy atom. The fourth-order valence-corrected chi connectivity index (χ4v) is 3.61. The van der Waals surface area contributed by atoms with E-state index in [2.05, 4.69) is 10.6 Å². The third-order valence-electron chi connectivity index (χ3n) is 4.87. The van der Waals surface area contributed by atoms with Crippen LogP contribution >= 0.6 is 11.6 Å². The average molecular weight is 445 g/mol. The van der Waals surface area contributed by atoms with Crippen molar-refractivity contribution < 1.29 is 23.8 Å². The summed E-state index contributed by atoms with van der Waals surface area (Å²) in [4.78, 5) is 25.1. The number of benzene rings is 2. The molecule has 0 bridgehead atoms. The monoisotopic (exact) mass is 444 g/mol. The molecule has 3 rings (SSSR count). The molecule has 1 unspecified atom stereocenters. The van der Waals surface area contributed by atoms with Crippen molar-refractivity contribution in [1.82, 2.24) is 10.6 Å². The standard InChI is InChI=1S/C23H25ClN2O5/c1-4-17-19(22(27)30-5-2)20(26-23(28)25-17)15-10-8-12-18(29-3)21(15)31-13-14-9-6-7-11-16(14)24/h6-12,20H,4-5,13H2,1-3H3,(H2,25,26,28). The Labute approximate surface area is 186 Å². The van der Waals surface area contributed by atoms with E-state index in [9.17, 15) is 9.59 Å². The summed E-state index contributed by atoms with van der Waals surface area (Å²) in [6.07, 6.45) is 0.456. The van der Waals surface area contributed by atoms with Gasteiger partial charge in [-0.15, -0.1) is 0 Å². The molecule has 31 heavy (non-hydrogen) atoms. The lowest BCUT2D eigenvalue weighted by Gasteiger charge is -2.30. The highest BCUT2D eigenvalue weighted by Gasteiger charge is 2.35. The maximum atomic E-state index is 12.8. The molecule has 0 spiro atoms. The van der Waals surface area contributed by atoms with Crippen LogP contribution in [0, 0.1) is 0 Å². The Balaban J connectivity index is 2.06. The number of hydrogen-bond donors (Lipinski definition) is 2. The number of carbonyl (C=O) groups excluding carboxylic acids is 2. The minimum Gasteiger partial charge on any atom is -0.493 e. The van der Waals surface area contributed by atoms with E-state index in [1.165, 1.54) is 7.11 Å². The summed E-state index contributed by atoms with van der Waals surface area (Å²) >= 11 is 6.26. The van der Waals surface area contributed by atoms with Gasteiger partial charge in [0.05, 0.1) is 25.3 Å². The van der Waals surface area contributed by atoms with Crippen LogP contribution in [-0.2, 0) is 16.1 Å². The Morgan fingerprint density at radius 3 is 2.58 bits per heavy atom. The third kappa shape index (κ3) is 4.94. The Hall–Kier alpha value is -3.19. The highest BCUT2D eigenvalue weighted by Crippen LogP contribution is 2.40. The van der Waals surface area contributed by atoms with Gasteiger partial charge >= 0.3 is 12.0 Å². The fraction of sp³-hybridized carbons (Fsp3) is 0.304. The molecule has 2 N–H and O–H groups in total. The van der Waals surface area contributed by atoms with Gasteiger partial charge < -0.3 is 24.8 Å². The van der Waals surface area contributed by atoms with Gasteiger partial charge in [-0.05, 0) is 25.5 Å². The van der Waals surface area contributed by atoms with Gasteiger partial charge in [-0.25, -0.2) is 9.59 Å². The fourth-order valence-electron chi connectivity index (χ4n) is 3.42. The first-order valence-corrected chi connectivity index (χ1v) is 10.4. The van der Waals surface area contributed by atoms with E-state index in [1.807, 2.05) is 25.1 Å². The van der Waals surface area contributed by atoms with Crippen molar-refractivity contribution in [1.29, 1.82) is 0 Å². The number of rotatable bonds is 8. The maximum Gasteiger partial charge on any atom is 0.338 e.